The normalized spacial score (nSPS) is 39.1. The maximum Gasteiger partial charge on any atom is 0.314 e. The van der Waals surface area contributed by atoms with E-state index in [0.29, 0.717) is 6.42 Å². The molecule has 1 N–H and O–H groups in total. The lowest BCUT2D eigenvalue weighted by molar-refractivity contribution is -0.169. The zero-order chi connectivity index (χ0) is 12.7. The summed E-state index contributed by atoms with van der Waals surface area (Å²) in [5.74, 6) is 0.529. The van der Waals surface area contributed by atoms with Gasteiger partial charge in [-0.3, -0.25) is 4.79 Å². The molecule has 2 saturated carbocycles. The van der Waals surface area contributed by atoms with E-state index in [1.807, 2.05) is 6.92 Å². The summed E-state index contributed by atoms with van der Waals surface area (Å²) in [5.41, 5.74) is -0.525. The standard InChI is InChI=1S/C14H24O3/c1-4-13(2,9-15)12(16)17-11-7-10-5-6-14(11,3)8-10/h10-11,15H,4-9H2,1-3H3. The van der Waals surface area contributed by atoms with Crippen LogP contribution in [0.3, 0.4) is 0 Å². The fourth-order valence-corrected chi connectivity index (χ4v) is 3.26. The summed E-state index contributed by atoms with van der Waals surface area (Å²) >= 11 is 0. The van der Waals surface area contributed by atoms with Crippen LogP contribution in [0.15, 0.2) is 0 Å². The number of carbonyl (C=O) groups is 1. The number of esters is 1. The van der Waals surface area contributed by atoms with Gasteiger partial charge in [0.25, 0.3) is 0 Å². The SMILES string of the molecule is CCC(C)(CO)C(=O)OC1CC2CCC1(C)C2. The molecule has 2 rings (SSSR count). The van der Waals surface area contributed by atoms with Crippen molar-refractivity contribution in [1.29, 1.82) is 0 Å². The summed E-state index contributed by atoms with van der Waals surface area (Å²) in [7, 11) is 0. The second-order valence-corrected chi connectivity index (χ2v) is 6.46. The highest BCUT2D eigenvalue weighted by Gasteiger charge is 2.51. The third-order valence-electron chi connectivity index (χ3n) is 5.07. The minimum Gasteiger partial charge on any atom is -0.461 e. The number of hydrogen-bond donors (Lipinski definition) is 1. The topological polar surface area (TPSA) is 46.5 Å². The van der Waals surface area contributed by atoms with E-state index >= 15 is 0 Å². The van der Waals surface area contributed by atoms with Gasteiger partial charge in [-0.2, -0.15) is 0 Å². The van der Waals surface area contributed by atoms with E-state index < -0.39 is 5.41 Å². The van der Waals surface area contributed by atoms with Gasteiger partial charge < -0.3 is 9.84 Å². The smallest absolute Gasteiger partial charge is 0.314 e. The molecule has 0 aromatic heterocycles. The first-order valence-electron chi connectivity index (χ1n) is 6.75. The Labute approximate surface area is 104 Å². The first kappa shape index (κ1) is 12.9. The molecular weight excluding hydrogens is 216 g/mol. The number of aliphatic hydroxyl groups excluding tert-OH is 1. The van der Waals surface area contributed by atoms with Crippen molar-refractivity contribution in [1.82, 2.24) is 0 Å². The van der Waals surface area contributed by atoms with E-state index in [1.165, 1.54) is 19.3 Å². The predicted octanol–water partition coefficient (Wildman–Crippen LogP) is 2.52. The lowest BCUT2D eigenvalue weighted by atomic mass is 9.83. The van der Waals surface area contributed by atoms with Gasteiger partial charge >= 0.3 is 5.97 Å². The molecule has 98 valence electrons. The van der Waals surface area contributed by atoms with Crippen molar-refractivity contribution >= 4 is 5.97 Å². The molecule has 2 bridgehead atoms. The summed E-state index contributed by atoms with van der Waals surface area (Å²) in [5, 5.41) is 9.32. The summed E-state index contributed by atoms with van der Waals surface area (Å²) in [6.07, 6.45) is 5.38. The average Bonchev–Trinajstić information content (AvgIpc) is 2.83. The maximum atomic E-state index is 12.1. The molecule has 4 unspecified atom stereocenters. The molecule has 2 aliphatic carbocycles. The zero-order valence-electron chi connectivity index (χ0n) is 11.2. The molecule has 2 aliphatic rings. The van der Waals surface area contributed by atoms with Crippen molar-refractivity contribution in [2.45, 2.75) is 59.0 Å². The van der Waals surface area contributed by atoms with Crippen LogP contribution < -0.4 is 0 Å². The van der Waals surface area contributed by atoms with Gasteiger partial charge in [-0.1, -0.05) is 13.8 Å². The minimum atomic E-state index is -0.724. The highest BCUT2D eigenvalue weighted by atomic mass is 16.5. The second-order valence-electron chi connectivity index (χ2n) is 6.46. The van der Waals surface area contributed by atoms with Crippen molar-refractivity contribution in [3.05, 3.63) is 0 Å². The number of aliphatic hydroxyl groups is 1. The monoisotopic (exact) mass is 240 g/mol. The van der Waals surface area contributed by atoms with Crippen LogP contribution in [0.5, 0.6) is 0 Å². The van der Waals surface area contributed by atoms with Crippen LogP contribution in [0, 0.1) is 16.7 Å². The molecule has 0 heterocycles. The Kier molecular flexibility index (Phi) is 3.23. The van der Waals surface area contributed by atoms with E-state index in [-0.39, 0.29) is 24.1 Å². The van der Waals surface area contributed by atoms with Gasteiger partial charge in [0.15, 0.2) is 0 Å². The number of hydrogen-bond acceptors (Lipinski definition) is 3. The van der Waals surface area contributed by atoms with Gasteiger partial charge in [0.05, 0.1) is 12.0 Å². The lowest BCUT2D eigenvalue weighted by Crippen LogP contribution is -2.39. The molecule has 0 aliphatic heterocycles. The van der Waals surface area contributed by atoms with Crippen LogP contribution in [0.2, 0.25) is 0 Å². The molecule has 2 fully saturated rings. The van der Waals surface area contributed by atoms with Crippen LogP contribution in [0.25, 0.3) is 0 Å². The average molecular weight is 240 g/mol. The largest absolute Gasteiger partial charge is 0.461 e. The Morgan fingerprint density at radius 3 is 2.71 bits per heavy atom. The van der Waals surface area contributed by atoms with Crippen molar-refractivity contribution in [2.24, 2.45) is 16.7 Å². The van der Waals surface area contributed by atoms with E-state index in [1.54, 1.807) is 6.92 Å². The van der Waals surface area contributed by atoms with Gasteiger partial charge in [0, 0.05) is 5.41 Å². The summed E-state index contributed by atoms with van der Waals surface area (Å²) in [6, 6.07) is 0. The molecular formula is C14H24O3. The number of fused-ring (bicyclic) bond motifs is 2. The van der Waals surface area contributed by atoms with Crippen LogP contribution in [0.1, 0.15) is 52.9 Å². The molecule has 0 radical (unpaired) electrons. The molecule has 4 atom stereocenters. The Morgan fingerprint density at radius 1 is 1.59 bits per heavy atom. The molecule has 3 nitrogen and oxygen atoms in total. The first-order chi connectivity index (χ1) is 7.93. The quantitative estimate of drug-likeness (QED) is 0.768. The molecule has 0 amide bonds. The van der Waals surface area contributed by atoms with Crippen molar-refractivity contribution in [3.63, 3.8) is 0 Å². The van der Waals surface area contributed by atoms with E-state index in [0.717, 1.165) is 12.3 Å². The van der Waals surface area contributed by atoms with Crippen LogP contribution in [-0.2, 0) is 9.53 Å². The molecule has 3 heteroatoms. The molecule has 0 aromatic rings. The van der Waals surface area contributed by atoms with Crippen molar-refractivity contribution in [2.75, 3.05) is 6.61 Å². The summed E-state index contributed by atoms with van der Waals surface area (Å²) < 4.78 is 5.70. The fraction of sp³-hybridized carbons (Fsp3) is 0.929. The molecule has 0 aromatic carbocycles. The van der Waals surface area contributed by atoms with E-state index in [2.05, 4.69) is 6.92 Å². The highest BCUT2D eigenvalue weighted by molar-refractivity contribution is 5.76. The molecule has 0 spiro atoms. The van der Waals surface area contributed by atoms with E-state index in [9.17, 15) is 9.90 Å². The third kappa shape index (κ3) is 2.10. The van der Waals surface area contributed by atoms with Crippen molar-refractivity contribution in [3.8, 4) is 0 Å². The Hall–Kier alpha value is -0.570. The molecule has 17 heavy (non-hydrogen) atoms. The number of rotatable bonds is 4. The van der Waals surface area contributed by atoms with Crippen molar-refractivity contribution < 1.29 is 14.6 Å². The number of ether oxygens (including phenoxy) is 1. The van der Waals surface area contributed by atoms with Crippen LogP contribution in [-0.4, -0.2) is 23.8 Å². The third-order valence-corrected chi connectivity index (χ3v) is 5.07. The minimum absolute atomic E-state index is 0.0752. The van der Waals surface area contributed by atoms with E-state index in [4.69, 9.17) is 4.74 Å². The maximum absolute atomic E-state index is 12.1. The second kappa shape index (κ2) is 4.27. The zero-order valence-corrected chi connectivity index (χ0v) is 11.2. The predicted molar refractivity (Wildman–Crippen MR) is 65.4 cm³/mol. The molecule has 0 saturated heterocycles. The Morgan fingerprint density at radius 2 is 2.29 bits per heavy atom. The van der Waals surface area contributed by atoms with Crippen LogP contribution in [0.4, 0.5) is 0 Å². The highest BCUT2D eigenvalue weighted by Crippen LogP contribution is 2.55. The van der Waals surface area contributed by atoms with Gasteiger partial charge in [0.2, 0.25) is 0 Å². The summed E-state index contributed by atoms with van der Waals surface area (Å²) in [6.45, 7) is 5.81. The summed E-state index contributed by atoms with van der Waals surface area (Å²) in [4.78, 5) is 12.1. The first-order valence-corrected chi connectivity index (χ1v) is 6.75. The van der Waals surface area contributed by atoms with Gasteiger partial charge in [0.1, 0.15) is 6.10 Å². The number of carbonyl (C=O) groups excluding carboxylic acids is 1. The van der Waals surface area contributed by atoms with Gasteiger partial charge in [-0.25, -0.2) is 0 Å². The van der Waals surface area contributed by atoms with Crippen LogP contribution >= 0.6 is 0 Å². The lowest BCUT2D eigenvalue weighted by Gasteiger charge is -2.34. The van der Waals surface area contributed by atoms with Gasteiger partial charge in [-0.05, 0) is 44.9 Å². The fourth-order valence-electron chi connectivity index (χ4n) is 3.26. The Bertz CT molecular complexity index is 309. The van der Waals surface area contributed by atoms with Gasteiger partial charge in [-0.15, -0.1) is 0 Å². The Balaban J connectivity index is 2.00.